The average Bonchev–Trinajstić information content (AvgIpc) is 3.08. The molecule has 1 fully saturated rings. The zero-order valence-electron chi connectivity index (χ0n) is 14.6. The molecule has 6 heteroatoms. The van der Waals surface area contributed by atoms with Crippen LogP contribution in [0.25, 0.3) is 0 Å². The van der Waals surface area contributed by atoms with Crippen molar-refractivity contribution in [1.82, 2.24) is 14.9 Å². The lowest BCUT2D eigenvalue weighted by atomic mass is 9.95. The van der Waals surface area contributed by atoms with E-state index >= 15 is 0 Å². The van der Waals surface area contributed by atoms with Gasteiger partial charge in [-0.1, -0.05) is 43.2 Å². The molecule has 5 nitrogen and oxygen atoms in total. The van der Waals surface area contributed by atoms with Gasteiger partial charge in [0, 0.05) is 25.0 Å². The van der Waals surface area contributed by atoms with Gasteiger partial charge in [0.05, 0.1) is 12.9 Å². The first-order valence-electron chi connectivity index (χ1n) is 8.81. The molecule has 0 aliphatic heterocycles. The number of rotatable bonds is 7. The Bertz CT molecular complexity index is 678. The van der Waals surface area contributed by atoms with Gasteiger partial charge in [-0.3, -0.25) is 4.79 Å². The van der Waals surface area contributed by atoms with E-state index in [1.165, 1.54) is 36.6 Å². The van der Waals surface area contributed by atoms with E-state index in [-0.39, 0.29) is 5.91 Å². The van der Waals surface area contributed by atoms with Gasteiger partial charge in [-0.2, -0.15) is 0 Å². The second-order valence-electron chi connectivity index (χ2n) is 6.38. The highest BCUT2D eigenvalue weighted by molar-refractivity contribution is 7.99. The molecule has 1 aromatic carbocycles. The number of carbonyl (C=O) groups excluding carboxylic acids is 1. The van der Waals surface area contributed by atoms with Crippen LogP contribution >= 0.6 is 11.8 Å². The maximum absolute atomic E-state index is 12.2. The highest BCUT2D eigenvalue weighted by Crippen LogP contribution is 2.20. The largest absolute Gasteiger partial charge is 0.497 e. The van der Waals surface area contributed by atoms with Crippen molar-refractivity contribution < 1.29 is 9.53 Å². The zero-order valence-corrected chi connectivity index (χ0v) is 15.4. The van der Waals surface area contributed by atoms with Gasteiger partial charge in [0.2, 0.25) is 5.91 Å². The van der Waals surface area contributed by atoms with E-state index < -0.39 is 0 Å². The number of hydrogen-bond donors (Lipinski definition) is 1. The number of methoxy groups -OCH3 is 1. The Morgan fingerprint density at radius 1 is 1.28 bits per heavy atom. The Hall–Kier alpha value is -1.95. The van der Waals surface area contributed by atoms with Crippen LogP contribution in [0.3, 0.4) is 0 Å². The average molecular weight is 359 g/mol. The third-order valence-corrected chi connectivity index (χ3v) is 5.50. The maximum atomic E-state index is 12.2. The first-order valence-corrected chi connectivity index (χ1v) is 9.79. The van der Waals surface area contributed by atoms with Crippen molar-refractivity contribution in [2.24, 2.45) is 0 Å². The lowest BCUT2D eigenvalue weighted by Gasteiger charge is -2.22. The molecule has 0 unspecified atom stereocenters. The first-order chi connectivity index (χ1) is 12.2. The number of amides is 1. The standard InChI is InChI=1S/C19H25N3O2S/c1-24-17-9-7-15(8-10-17)13-22-12-11-20-19(22)25-14-18(23)21-16-5-3-2-4-6-16/h7-12,16H,2-6,13-14H2,1H3,(H,21,23). The molecule has 0 radical (unpaired) electrons. The third kappa shape index (κ3) is 5.26. The maximum Gasteiger partial charge on any atom is 0.230 e. The quantitative estimate of drug-likeness (QED) is 0.769. The van der Waals surface area contributed by atoms with E-state index in [0.29, 0.717) is 11.8 Å². The van der Waals surface area contributed by atoms with E-state index in [0.717, 1.165) is 30.3 Å². The molecule has 1 amide bonds. The van der Waals surface area contributed by atoms with Crippen LogP contribution in [0.15, 0.2) is 41.8 Å². The lowest BCUT2D eigenvalue weighted by molar-refractivity contribution is -0.119. The number of benzene rings is 1. The molecular formula is C19H25N3O2S. The van der Waals surface area contributed by atoms with Crippen LogP contribution in [0.5, 0.6) is 5.75 Å². The van der Waals surface area contributed by atoms with Crippen molar-refractivity contribution in [3.05, 3.63) is 42.2 Å². The summed E-state index contributed by atoms with van der Waals surface area (Å²) in [6.45, 7) is 0.733. The molecule has 0 atom stereocenters. The smallest absolute Gasteiger partial charge is 0.230 e. The van der Waals surface area contributed by atoms with Crippen LogP contribution in [0.2, 0.25) is 0 Å². The van der Waals surface area contributed by atoms with Crippen molar-refractivity contribution in [3.63, 3.8) is 0 Å². The Morgan fingerprint density at radius 2 is 2.04 bits per heavy atom. The number of thioether (sulfide) groups is 1. The van der Waals surface area contributed by atoms with Crippen LogP contribution in [0.4, 0.5) is 0 Å². The van der Waals surface area contributed by atoms with Gasteiger partial charge in [-0.05, 0) is 30.5 Å². The fourth-order valence-corrected chi connectivity index (χ4v) is 3.90. The molecule has 1 heterocycles. The summed E-state index contributed by atoms with van der Waals surface area (Å²) in [7, 11) is 1.66. The molecule has 134 valence electrons. The van der Waals surface area contributed by atoms with Crippen LogP contribution in [-0.4, -0.2) is 34.4 Å². The van der Waals surface area contributed by atoms with Gasteiger partial charge in [-0.25, -0.2) is 4.98 Å². The normalized spacial score (nSPS) is 15.1. The molecule has 3 rings (SSSR count). The lowest BCUT2D eigenvalue weighted by Crippen LogP contribution is -2.37. The topological polar surface area (TPSA) is 56.2 Å². The molecule has 0 saturated heterocycles. The summed E-state index contributed by atoms with van der Waals surface area (Å²) < 4.78 is 7.26. The predicted molar refractivity (Wildman–Crippen MR) is 100 cm³/mol. The summed E-state index contributed by atoms with van der Waals surface area (Å²) in [5.41, 5.74) is 1.17. The van der Waals surface area contributed by atoms with Crippen molar-refractivity contribution in [2.45, 2.75) is 49.8 Å². The van der Waals surface area contributed by atoms with Gasteiger partial charge in [-0.15, -0.1) is 0 Å². The Labute approximate surface area is 153 Å². The summed E-state index contributed by atoms with van der Waals surface area (Å²) in [5.74, 6) is 1.37. The van der Waals surface area contributed by atoms with Crippen LogP contribution in [-0.2, 0) is 11.3 Å². The minimum absolute atomic E-state index is 0.107. The highest BCUT2D eigenvalue weighted by atomic mass is 32.2. The van der Waals surface area contributed by atoms with Crippen molar-refractivity contribution in [2.75, 3.05) is 12.9 Å². The fraction of sp³-hybridized carbons (Fsp3) is 0.474. The molecule has 0 spiro atoms. The number of hydrogen-bond acceptors (Lipinski definition) is 4. The number of aromatic nitrogens is 2. The van der Waals surface area contributed by atoms with E-state index in [1.807, 2.05) is 30.5 Å². The Balaban J connectivity index is 1.51. The number of ether oxygens (including phenoxy) is 1. The number of imidazole rings is 1. The van der Waals surface area contributed by atoms with E-state index in [9.17, 15) is 4.79 Å². The second-order valence-corrected chi connectivity index (χ2v) is 7.32. The van der Waals surface area contributed by atoms with Crippen molar-refractivity contribution in [1.29, 1.82) is 0 Å². The Morgan fingerprint density at radius 3 is 2.76 bits per heavy atom. The number of nitrogens with one attached hydrogen (secondary N) is 1. The van der Waals surface area contributed by atoms with Crippen LogP contribution in [0.1, 0.15) is 37.7 Å². The molecule has 1 saturated carbocycles. The minimum atomic E-state index is 0.107. The van der Waals surface area contributed by atoms with Crippen molar-refractivity contribution in [3.8, 4) is 5.75 Å². The van der Waals surface area contributed by atoms with Crippen LogP contribution in [0, 0.1) is 0 Å². The van der Waals surface area contributed by atoms with Gasteiger partial charge in [0.25, 0.3) is 0 Å². The SMILES string of the molecule is COc1ccc(Cn2ccnc2SCC(=O)NC2CCCCC2)cc1. The van der Waals surface area contributed by atoms with E-state index in [2.05, 4.69) is 14.9 Å². The van der Waals surface area contributed by atoms with E-state index in [4.69, 9.17) is 4.74 Å². The van der Waals surface area contributed by atoms with E-state index in [1.54, 1.807) is 13.3 Å². The number of nitrogens with zero attached hydrogens (tertiary/aromatic N) is 2. The summed E-state index contributed by atoms with van der Waals surface area (Å²) in [6.07, 6.45) is 9.71. The third-order valence-electron chi connectivity index (χ3n) is 4.49. The second kappa shape index (κ2) is 8.94. The minimum Gasteiger partial charge on any atom is -0.497 e. The van der Waals surface area contributed by atoms with Crippen LogP contribution < -0.4 is 10.1 Å². The van der Waals surface area contributed by atoms with Gasteiger partial charge in [0.1, 0.15) is 5.75 Å². The molecule has 1 N–H and O–H groups in total. The summed E-state index contributed by atoms with van der Waals surface area (Å²) in [5, 5.41) is 4.02. The molecule has 1 aliphatic carbocycles. The van der Waals surface area contributed by atoms with Gasteiger partial charge >= 0.3 is 0 Å². The molecule has 1 aliphatic rings. The molecular weight excluding hydrogens is 334 g/mol. The molecule has 1 aromatic heterocycles. The predicted octanol–water partition coefficient (Wildman–Crippen LogP) is 3.48. The summed E-state index contributed by atoms with van der Waals surface area (Å²) >= 11 is 1.49. The molecule has 25 heavy (non-hydrogen) atoms. The van der Waals surface area contributed by atoms with Gasteiger partial charge < -0.3 is 14.6 Å². The highest BCUT2D eigenvalue weighted by Gasteiger charge is 2.16. The first kappa shape index (κ1) is 17.9. The summed E-state index contributed by atoms with van der Waals surface area (Å²) in [4.78, 5) is 16.5. The number of carbonyl (C=O) groups is 1. The fourth-order valence-electron chi connectivity index (χ4n) is 3.13. The molecule has 0 bridgehead atoms. The monoisotopic (exact) mass is 359 g/mol. The summed E-state index contributed by atoms with van der Waals surface area (Å²) in [6, 6.07) is 8.36. The van der Waals surface area contributed by atoms with Gasteiger partial charge in [0.15, 0.2) is 5.16 Å². The molecule has 2 aromatic rings. The van der Waals surface area contributed by atoms with Crippen molar-refractivity contribution >= 4 is 17.7 Å². The zero-order chi connectivity index (χ0) is 17.5. The Kier molecular flexibility index (Phi) is 6.39.